The van der Waals surface area contributed by atoms with E-state index in [1.807, 2.05) is 0 Å². The van der Waals surface area contributed by atoms with Crippen LogP contribution in [0.15, 0.2) is 42.5 Å². The predicted molar refractivity (Wildman–Crippen MR) is 106 cm³/mol. The SMILES string of the molecule is O=C(N[C@H]1Cc2c(O)cc(O)cc2O[C@@H]1c1cc(O)c(O)c(O)c1)c1ccc(F)c(F)c1. The molecule has 8 nitrogen and oxygen atoms in total. The third kappa shape index (κ3) is 3.78. The summed E-state index contributed by atoms with van der Waals surface area (Å²) in [5.74, 6) is -5.59. The Labute approximate surface area is 179 Å². The Kier molecular flexibility index (Phi) is 5.13. The summed E-state index contributed by atoms with van der Waals surface area (Å²) < 4.78 is 32.6. The smallest absolute Gasteiger partial charge is 0.251 e. The molecule has 0 bridgehead atoms. The summed E-state index contributed by atoms with van der Waals surface area (Å²) in [7, 11) is 0. The number of phenols is 5. The van der Waals surface area contributed by atoms with E-state index < -0.39 is 46.9 Å². The topological polar surface area (TPSA) is 139 Å². The van der Waals surface area contributed by atoms with Gasteiger partial charge in [-0.25, -0.2) is 8.78 Å². The molecule has 3 aromatic carbocycles. The number of halogens is 2. The Morgan fingerprint density at radius 2 is 1.59 bits per heavy atom. The number of carbonyl (C=O) groups excluding carboxylic acids is 1. The highest BCUT2D eigenvalue weighted by Gasteiger charge is 2.35. The fraction of sp³-hybridized carbons (Fsp3) is 0.136. The van der Waals surface area contributed by atoms with Gasteiger partial charge in [0.15, 0.2) is 28.9 Å². The molecule has 32 heavy (non-hydrogen) atoms. The fourth-order valence-electron chi connectivity index (χ4n) is 3.58. The lowest BCUT2D eigenvalue weighted by molar-refractivity contribution is 0.0836. The molecule has 0 fully saturated rings. The van der Waals surface area contributed by atoms with E-state index in [1.165, 1.54) is 6.07 Å². The molecule has 0 saturated heterocycles. The molecule has 2 atom stereocenters. The van der Waals surface area contributed by atoms with Gasteiger partial charge in [0.1, 0.15) is 23.4 Å². The monoisotopic (exact) mass is 445 g/mol. The second kappa shape index (κ2) is 7.80. The normalized spacial score (nSPS) is 17.3. The van der Waals surface area contributed by atoms with Gasteiger partial charge in [0.2, 0.25) is 0 Å². The van der Waals surface area contributed by atoms with Gasteiger partial charge in [-0.2, -0.15) is 0 Å². The first-order valence-electron chi connectivity index (χ1n) is 9.36. The van der Waals surface area contributed by atoms with Crippen LogP contribution in [-0.2, 0) is 6.42 Å². The van der Waals surface area contributed by atoms with Crippen LogP contribution in [0.5, 0.6) is 34.5 Å². The third-order valence-corrected chi connectivity index (χ3v) is 5.13. The number of rotatable bonds is 3. The van der Waals surface area contributed by atoms with Crippen molar-refractivity contribution in [2.24, 2.45) is 0 Å². The van der Waals surface area contributed by atoms with E-state index in [0.29, 0.717) is 0 Å². The zero-order valence-corrected chi connectivity index (χ0v) is 16.2. The van der Waals surface area contributed by atoms with Crippen molar-refractivity contribution in [3.8, 4) is 34.5 Å². The molecule has 0 unspecified atom stereocenters. The van der Waals surface area contributed by atoms with E-state index in [1.54, 1.807) is 0 Å². The van der Waals surface area contributed by atoms with Crippen LogP contribution < -0.4 is 10.1 Å². The number of benzene rings is 3. The van der Waals surface area contributed by atoms with Gasteiger partial charge in [0.25, 0.3) is 5.91 Å². The number of phenolic OH excluding ortho intramolecular Hbond substituents is 5. The molecule has 0 radical (unpaired) electrons. The number of amides is 1. The minimum absolute atomic E-state index is 0.00999. The molecule has 4 rings (SSSR count). The summed E-state index contributed by atoms with van der Waals surface area (Å²) in [6.45, 7) is 0. The molecule has 1 aliphatic heterocycles. The van der Waals surface area contributed by atoms with Crippen molar-refractivity contribution in [2.75, 3.05) is 0 Å². The molecule has 0 aliphatic carbocycles. The molecular formula is C22H17F2NO7. The maximum absolute atomic E-state index is 13.6. The minimum atomic E-state index is -1.21. The van der Waals surface area contributed by atoms with Crippen LogP contribution in [0.3, 0.4) is 0 Å². The van der Waals surface area contributed by atoms with E-state index in [-0.39, 0.29) is 40.4 Å². The van der Waals surface area contributed by atoms with Crippen LogP contribution in [0.25, 0.3) is 0 Å². The van der Waals surface area contributed by atoms with Crippen LogP contribution in [0.1, 0.15) is 27.6 Å². The van der Waals surface area contributed by atoms with Gasteiger partial charge in [-0.05, 0) is 30.3 Å². The third-order valence-electron chi connectivity index (χ3n) is 5.13. The molecule has 1 amide bonds. The van der Waals surface area contributed by atoms with Crippen molar-refractivity contribution in [3.63, 3.8) is 0 Å². The van der Waals surface area contributed by atoms with Crippen LogP contribution in [-0.4, -0.2) is 37.5 Å². The Morgan fingerprint density at radius 3 is 2.25 bits per heavy atom. The largest absolute Gasteiger partial charge is 0.508 e. The van der Waals surface area contributed by atoms with Gasteiger partial charge in [-0.3, -0.25) is 4.79 Å². The van der Waals surface area contributed by atoms with Gasteiger partial charge in [-0.15, -0.1) is 0 Å². The molecule has 3 aromatic rings. The molecule has 1 aliphatic rings. The summed E-state index contributed by atoms with van der Waals surface area (Å²) in [5, 5.41) is 52.0. The number of hydrogen-bond donors (Lipinski definition) is 6. The molecule has 1 heterocycles. The Bertz CT molecular complexity index is 1210. The number of ether oxygens (including phenoxy) is 1. The second-order valence-electron chi connectivity index (χ2n) is 7.30. The minimum Gasteiger partial charge on any atom is -0.508 e. The van der Waals surface area contributed by atoms with Gasteiger partial charge >= 0.3 is 0 Å². The summed E-state index contributed by atoms with van der Waals surface area (Å²) in [6.07, 6.45) is -1.07. The molecule has 6 N–H and O–H groups in total. The van der Waals surface area contributed by atoms with Crippen molar-refractivity contribution >= 4 is 5.91 Å². The maximum atomic E-state index is 13.6. The first kappa shape index (κ1) is 21.0. The Morgan fingerprint density at radius 1 is 0.906 bits per heavy atom. The van der Waals surface area contributed by atoms with Gasteiger partial charge in [-0.1, -0.05) is 0 Å². The number of aromatic hydroxyl groups is 5. The zero-order chi connectivity index (χ0) is 23.2. The van der Waals surface area contributed by atoms with Crippen LogP contribution in [0.2, 0.25) is 0 Å². The van der Waals surface area contributed by atoms with Crippen LogP contribution in [0.4, 0.5) is 8.78 Å². The zero-order valence-electron chi connectivity index (χ0n) is 16.2. The predicted octanol–water partition coefficient (Wildman–Crippen LogP) is 2.97. The number of fused-ring (bicyclic) bond motifs is 1. The lowest BCUT2D eigenvalue weighted by atomic mass is 9.91. The van der Waals surface area contributed by atoms with E-state index in [9.17, 15) is 39.1 Å². The highest BCUT2D eigenvalue weighted by Crippen LogP contribution is 2.44. The number of nitrogens with one attached hydrogen (secondary N) is 1. The number of hydrogen-bond acceptors (Lipinski definition) is 7. The van der Waals surface area contributed by atoms with E-state index in [0.717, 1.165) is 36.4 Å². The quantitative estimate of drug-likeness (QED) is 0.341. The number of carbonyl (C=O) groups is 1. The van der Waals surface area contributed by atoms with Crippen LogP contribution in [0, 0.1) is 11.6 Å². The van der Waals surface area contributed by atoms with Gasteiger partial charge < -0.3 is 35.6 Å². The highest BCUT2D eigenvalue weighted by molar-refractivity contribution is 5.94. The first-order valence-corrected chi connectivity index (χ1v) is 9.36. The fourth-order valence-corrected chi connectivity index (χ4v) is 3.58. The molecular weight excluding hydrogens is 428 g/mol. The molecule has 166 valence electrons. The lowest BCUT2D eigenvalue weighted by Crippen LogP contribution is -2.45. The average Bonchev–Trinajstić information content (AvgIpc) is 2.73. The van der Waals surface area contributed by atoms with Crippen LogP contribution >= 0.6 is 0 Å². The van der Waals surface area contributed by atoms with Crippen molar-refractivity contribution in [2.45, 2.75) is 18.6 Å². The van der Waals surface area contributed by atoms with Crippen molar-refractivity contribution < 1.29 is 43.8 Å². The molecule has 0 spiro atoms. The van der Waals surface area contributed by atoms with Crippen molar-refractivity contribution in [1.82, 2.24) is 5.32 Å². The average molecular weight is 445 g/mol. The van der Waals surface area contributed by atoms with E-state index in [2.05, 4.69) is 5.32 Å². The summed E-state index contributed by atoms with van der Waals surface area (Å²) in [5.41, 5.74) is 0.253. The molecule has 10 heteroatoms. The molecule has 0 aromatic heterocycles. The standard InChI is InChI=1S/C22H17F2NO7/c23-13-2-1-9(3-14(13)24)22(31)25-15-8-12-16(27)6-11(26)7-19(12)32-21(15)10-4-17(28)20(30)18(29)5-10/h1-7,15,21,26-30H,8H2,(H,25,31)/t15-,21+/m0/s1. The Hall–Kier alpha value is -4.21. The summed E-state index contributed by atoms with van der Waals surface area (Å²) in [4.78, 5) is 12.7. The van der Waals surface area contributed by atoms with Crippen molar-refractivity contribution in [1.29, 1.82) is 0 Å². The van der Waals surface area contributed by atoms with E-state index >= 15 is 0 Å². The lowest BCUT2D eigenvalue weighted by Gasteiger charge is -2.35. The molecule has 0 saturated carbocycles. The van der Waals surface area contributed by atoms with E-state index in [4.69, 9.17) is 4.74 Å². The summed E-state index contributed by atoms with van der Waals surface area (Å²) >= 11 is 0. The summed E-state index contributed by atoms with van der Waals surface area (Å²) in [6, 6.07) is 6.28. The van der Waals surface area contributed by atoms with Crippen molar-refractivity contribution in [3.05, 3.63) is 70.8 Å². The highest BCUT2D eigenvalue weighted by atomic mass is 19.2. The second-order valence-corrected chi connectivity index (χ2v) is 7.30. The maximum Gasteiger partial charge on any atom is 0.251 e. The first-order chi connectivity index (χ1) is 15.1. The van der Waals surface area contributed by atoms with Gasteiger partial charge in [0.05, 0.1) is 6.04 Å². The Balaban J connectivity index is 1.74. The van der Waals surface area contributed by atoms with Gasteiger partial charge in [0, 0.05) is 35.2 Å².